The molecule has 3 rings (SSSR count). The Labute approximate surface area is 120 Å². The second-order valence-corrected chi connectivity index (χ2v) is 4.56. The van der Waals surface area contributed by atoms with Crippen LogP contribution >= 0.6 is 0 Å². The summed E-state index contributed by atoms with van der Waals surface area (Å²) in [6.07, 6.45) is 3.19. The molecule has 2 nitrogen and oxygen atoms in total. The molecule has 0 saturated carbocycles. The number of rotatable bonds is 2. The van der Waals surface area contributed by atoms with Gasteiger partial charge in [-0.25, -0.2) is 13.6 Å². The van der Waals surface area contributed by atoms with Crippen molar-refractivity contribution >= 4 is 17.8 Å². The van der Waals surface area contributed by atoms with E-state index in [1.165, 1.54) is 36.4 Å². The third-order valence-corrected chi connectivity index (χ3v) is 3.05. The van der Waals surface area contributed by atoms with Gasteiger partial charge in [-0.2, -0.15) is 0 Å². The van der Waals surface area contributed by atoms with Gasteiger partial charge in [-0.15, -0.1) is 0 Å². The maximum absolute atomic E-state index is 12.9. The summed E-state index contributed by atoms with van der Waals surface area (Å²) in [5.74, 6) is -0.813. The summed E-state index contributed by atoms with van der Waals surface area (Å²) in [6, 6.07) is 11.4. The molecule has 104 valence electrons. The maximum atomic E-state index is 12.9. The van der Waals surface area contributed by atoms with E-state index in [2.05, 4.69) is 0 Å². The number of benzene rings is 2. The Hall–Kier alpha value is -2.75. The number of carbonyl (C=O) groups is 1. The Kier molecular flexibility index (Phi) is 3.36. The van der Waals surface area contributed by atoms with E-state index in [1.54, 1.807) is 24.3 Å². The zero-order chi connectivity index (χ0) is 14.8. The van der Waals surface area contributed by atoms with Crippen molar-refractivity contribution in [1.82, 2.24) is 0 Å². The predicted octanol–water partition coefficient (Wildman–Crippen LogP) is 3.95. The summed E-state index contributed by atoms with van der Waals surface area (Å²) in [5.41, 5.74) is 1.67. The predicted molar refractivity (Wildman–Crippen MR) is 74.8 cm³/mol. The van der Waals surface area contributed by atoms with Crippen LogP contribution in [0.3, 0.4) is 0 Å². The lowest BCUT2D eigenvalue weighted by molar-refractivity contribution is -0.130. The van der Waals surface area contributed by atoms with Crippen molar-refractivity contribution in [2.24, 2.45) is 0 Å². The Morgan fingerprint density at radius 1 is 0.857 bits per heavy atom. The fourth-order valence-corrected chi connectivity index (χ4v) is 1.98. The van der Waals surface area contributed by atoms with Crippen molar-refractivity contribution in [1.29, 1.82) is 0 Å². The zero-order valence-electron chi connectivity index (χ0n) is 10.8. The highest BCUT2D eigenvalue weighted by Gasteiger charge is 2.21. The number of esters is 1. The molecule has 0 aliphatic carbocycles. The van der Waals surface area contributed by atoms with Gasteiger partial charge in [-0.1, -0.05) is 12.1 Å². The highest BCUT2D eigenvalue weighted by Crippen LogP contribution is 2.27. The number of carbonyl (C=O) groups excluding carboxylic acids is 1. The highest BCUT2D eigenvalue weighted by molar-refractivity contribution is 6.05. The minimum Gasteiger partial charge on any atom is -0.422 e. The lowest BCUT2D eigenvalue weighted by Gasteiger charge is -2.00. The fourth-order valence-electron chi connectivity index (χ4n) is 1.98. The van der Waals surface area contributed by atoms with Gasteiger partial charge in [0.15, 0.2) is 0 Å². The van der Waals surface area contributed by atoms with Crippen molar-refractivity contribution in [3.05, 3.63) is 82.9 Å². The number of halogens is 2. The van der Waals surface area contributed by atoms with Crippen molar-refractivity contribution in [3.63, 3.8) is 0 Å². The number of ether oxygens (including phenoxy) is 1. The summed E-state index contributed by atoms with van der Waals surface area (Å²) in [4.78, 5) is 11.8. The van der Waals surface area contributed by atoms with Gasteiger partial charge in [0.05, 0.1) is 5.57 Å². The van der Waals surface area contributed by atoms with E-state index in [0.29, 0.717) is 22.5 Å². The molecule has 1 aliphatic rings. The first-order valence-corrected chi connectivity index (χ1v) is 6.29. The second-order valence-electron chi connectivity index (χ2n) is 4.56. The van der Waals surface area contributed by atoms with Crippen LogP contribution in [-0.4, -0.2) is 5.97 Å². The van der Waals surface area contributed by atoms with Crippen LogP contribution in [0.2, 0.25) is 0 Å². The van der Waals surface area contributed by atoms with E-state index < -0.39 is 5.97 Å². The molecule has 0 amide bonds. The van der Waals surface area contributed by atoms with E-state index in [0.717, 1.165) is 0 Å². The first-order chi connectivity index (χ1) is 10.1. The van der Waals surface area contributed by atoms with Crippen molar-refractivity contribution in [2.45, 2.75) is 0 Å². The van der Waals surface area contributed by atoms with Gasteiger partial charge >= 0.3 is 5.97 Å². The molecule has 4 heteroatoms. The van der Waals surface area contributed by atoms with Gasteiger partial charge in [0, 0.05) is 5.56 Å². The van der Waals surface area contributed by atoms with Crippen LogP contribution in [0.4, 0.5) is 8.78 Å². The first-order valence-electron chi connectivity index (χ1n) is 6.29. The third-order valence-electron chi connectivity index (χ3n) is 3.05. The Balaban J connectivity index is 1.91. The largest absolute Gasteiger partial charge is 0.422 e. The molecule has 0 radical (unpaired) electrons. The minimum absolute atomic E-state index is 0.339. The van der Waals surface area contributed by atoms with Gasteiger partial charge in [0.1, 0.15) is 17.4 Å². The number of hydrogen-bond acceptors (Lipinski definition) is 2. The van der Waals surface area contributed by atoms with E-state index in [4.69, 9.17) is 4.74 Å². The maximum Gasteiger partial charge on any atom is 0.343 e. The van der Waals surface area contributed by atoms with Crippen LogP contribution in [0.5, 0.6) is 0 Å². The molecule has 0 bridgehead atoms. The minimum atomic E-state index is -0.487. The Morgan fingerprint density at radius 3 is 2.05 bits per heavy atom. The van der Waals surface area contributed by atoms with Gasteiger partial charge in [-0.3, -0.25) is 0 Å². The van der Waals surface area contributed by atoms with Crippen LogP contribution in [0, 0.1) is 11.6 Å². The van der Waals surface area contributed by atoms with E-state index in [1.807, 2.05) is 0 Å². The van der Waals surface area contributed by atoms with E-state index >= 15 is 0 Å². The second kappa shape index (κ2) is 5.32. The van der Waals surface area contributed by atoms with Gasteiger partial charge in [0.25, 0.3) is 0 Å². The molecule has 0 saturated heterocycles. The molecule has 0 N–H and O–H groups in total. The third kappa shape index (κ3) is 2.89. The summed E-state index contributed by atoms with van der Waals surface area (Å²) in [6.45, 7) is 0. The molecule has 0 aromatic heterocycles. The summed E-state index contributed by atoms with van der Waals surface area (Å²) >= 11 is 0. The van der Waals surface area contributed by atoms with Crippen LogP contribution in [0.25, 0.3) is 11.8 Å². The fraction of sp³-hybridized carbons (Fsp3) is 0. The van der Waals surface area contributed by atoms with Crippen LogP contribution in [-0.2, 0) is 9.53 Å². The van der Waals surface area contributed by atoms with E-state index in [9.17, 15) is 13.6 Å². The zero-order valence-corrected chi connectivity index (χ0v) is 10.8. The average Bonchev–Trinajstić information content (AvgIpc) is 2.83. The first kappa shape index (κ1) is 13.2. The van der Waals surface area contributed by atoms with Crippen LogP contribution < -0.4 is 0 Å². The molecule has 2 aromatic rings. The molecule has 2 aromatic carbocycles. The van der Waals surface area contributed by atoms with Gasteiger partial charge in [0.2, 0.25) is 0 Å². The molecule has 1 aliphatic heterocycles. The molecule has 0 fully saturated rings. The average molecular weight is 284 g/mol. The molecule has 21 heavy (non-hydrogen) atoms. The molecule has 0 atom stereocenters. The van der Waals surface area contributed by atoms with Gasteiger partial charge < -0.3 is 4.74 Å². The standard InChI is InChI=1S/C17H10F2O2/c18-14-5-1-11(2-6-14)9-13-10-16(21-17(13)20)12-3-7-15(19)8-4-12/h1-10H/b13-9+. The number of hydrogen-bond donors (Lipinski definition) is 0. The molecular formula is C17H10F2O2. The van der Waals surface area contributed by atoms with Crippen molar-refractivity contribution < 1.29 is 18.3 Å². The monoisotopic (exact) mass is 284 g/mol. The molecule has 0 spiro atoms. The smallest absolute Gasteiger partial charge is 0.343 e. The number of cyclic esters (lactones) is 1. The molecule has 1 heterocycles. The van der Waals surface area contributed by atoms with Gasteiger partial charge in [-0.05, 0) is 54.1 Å². The highest BCUT2D eigenvalue weighted by atomic mass is 19.1. The lowest BCUT2D eigenvalue weighted by atomic mass is 10.1. The van der Waals surface area contributed by atoms with Crippen molar-refractivity contribution in [2.75, 3.05) is 0 Å². The Morgan fingerprint density at radius 2 is 1.43 bits per heavy atom. The summed E-state index contributed by atoms with van der Waals surface area (Å²) < 4.78 is 30.9. The quantitative estimate of drug-likeness (QED) is 0.616. The van der Waals surface area contributed by atoms with E-state index in [-0.39, 0.29) is 11.6 Å². The molecule has 0 unspecified atom stereocenters. The molecular weight excluding hydrogens is 274 g/mol. The topological polar surface area (TPSA) is 26.3 Å². The summed E-state index contributed by atoms with van der Waals surface area (Å²) in [5, 5.41) is 0. The van der Waals surface area contributed by atoms with Crippen molar-refractivity contribution in [3.8, 4) is 0 Å². The van der Waals surface area contributed by atoms with Crippen LogP contribution in [0.1, 0.15) is 11.1 Å². The van der Waals surface area contributed by atoms with Crippen LogP contribution in [0.15, 0.2) is 60.2 Å². The summed E-state index contributed by atoms with van der Waals surface area (Å²) in [7, 11) is 0. The SMILES string of the molecule is O=C1OC(c2ccc(F)cc2)=C/C1=C\c1ccc(F)cc1. The normalized spacial score (nSPS) is 16.0. The Bertz CT molecular complexity index is 741. The lowest BCUT2D eigenvalue weighted by Crippen LogP contribution is -1.97.